The second-order valence-corrected chi connectivity index (χ2v) is 6.24. The van der Waals surface area contributed by atoms with Crippen molar-refractivity contribution < 1.29 is 9.53 Å². The van der Waals surface area contributed by atoms with Gasteiger partial charge >= 0.3 is 0 Å². The molecule has 0 fully saturated rings. The highest BCUT2D eigenvalue weighted by molar-refractivity contribution is 9.10. The van der Waals surface area contributed by atoms with Crippen LogP contribution in [0.3, 0.4) is 0 Å². The summed E-state index contributed by atoms with van der Waals surface area (Å²) in [5.41, 5.74) is 1.66. The standard InChI is InChI=1S/C17H17BrClNO2/c1-3-16(22-14-8-9-15(19)11(2)10-14)17(21)20-13-6-4-12(18)5-7-13/h4-10,16H,3H2,1-2H3,(H,20,21)/t16-/m1/s1. The molecule has 116 valence electrons. The Balaban J connectivity index is 2.05. The van der Waals surface area contributed by atoms with Gasteiger partial charge in [0.1, 0.15) is 5.75 Å². The maximum atomic E-state index is 12.3. The first-order valence-electron chi connectivity index (χ1n) is 6.99. The van der Waals surface area contributed by atoms with Crippen LogP contribution >= 0.6 is 27.5 Å². The number of hydrogen-bond acceptors (Lipinski definition) is 2. The van der Waals surface area contributed by atoms with Crippen molar-refractivity contribution in [3.05, 3.63) is 57.5 Å². The second-order valence-electron chi connectivity index (χ2n) is 4.92. The Labute approximate surface area is 143 Å². The number of rotatable bonds is 5. The lowest BCUT2D eigenvalue weighted by atomic mass is 10.2. The van der Waals surface area contributed by atoms with Gasteiger partial charge in [0.25, 0.3) is 5.91 Å². The quantitative estimate of drug-likeness (QED) is 0.771. The van der Waals surface area contributed by atoms with Crippen LogP contribution < -0.4 is 10.1 Å². The minimum absolute atomic E-state index is 0.169. The number of anilines is 1. The normalized spacial score (nSPS) is 11.8. The summed E-state index contributed by atoms with van der Waals surface area (Å²) in [6.07, 6.45) is 0.0218. The summed E-state index contributed by atoms with van der Waals surface area (Å²) in [6.45, 7) is 3.81. The Bertz CT molecular complexity index is 658. The summed E-state index contributed by atoms with van der Waals surface area (Å²) in [4.78, 5) is 12.3. The van der Waals surface area contributed by atoms with Crippen molar-refractivity contribution in [2.45, 2.75) is 26.4 Å². The van der Waals surface area contributed by atoms with E-state index in [9.17, 15) is 4.79 Å². The minimum atomic E-state index is -0.552. The molecule has 0 bridgehead atoms. The third kappa shape index (κ3) is 4.49. The van der Waals surface area contributed by atoms with Crippen molar-refractivity contribution in [3.63, 3.8) is 0 Å². The van der Waals surface area contributed by atoms with Crippen LogP contribution in [0, 0.1) is 6.92 Å². The molecular weight excluding hydrogens is 366 g/mol. The van der Waals surface area contributed by atoms with Crippen LogP contribution in [0.5, 0.6) is 5.75 Å². The van der Waals surface area contributed by atoms with E-state index in [1.165, 1.54) is 0 Å². The fourth-order valence-corrected chi connectivity index (χ4v) is 2.31. The van der Waals surface area contributed by atoms with Crippen LogP contribution in [-0.2, 0) is 4.79 Å². The van der Waals surface area contributed by atoms with E-state index < -0.39 is 6.10 Å². The van der Waals surface area contributed by atoms with E-state index in [0.717, 1.165) is 15.7 Å². The molecule has 0 saturated heterocycles. The first-order valence-corrected chi connectivity index (χ1v) is 8.16. The van der Waals surface area contributed by atoms with Gasteiger partial charge in [-0.1, -0.05) is 34.5 Å². The van der Waals surface area contributed by atoms with Gasteiger partial charge < -0.3 is 10.1 Å². The highest BCUT2D eigenvalue weighted by Gasteiger charge is 2.18. The number of halogens is 2. The zero-order valence-electron chi connectivity index (χ0n) is 12.4. The molecule has 0 aromatic heterocycles. The number of ether oxygens (including phenoxy) is 1. The van der Waals surface area contributed by atoms with Gasteiger partial charge in [0.05, 0.1) is 0 Å². The summed E-state index contributed by atoms with van der Waals surface area (Å²) >= 11 is 9.36. The van der Waals surface area contributed by atoms with Crippen LogP contribution in [0.2, 0.25) is 5.02 Å². The summed E-state index contributed by atoms with van der Waals surface area (Å²) in [5.74, 6) is 0.470. The Hall–Kier alpha value is -1.52. The highest BCUT2D eigenvalue weighted by Crippen LogP contribution is 2.23. The number of hydrogen-bond donors (Lipinski definition) is 1. The van der Waals surface area contributed by atoms with Crippen LogP contribution in [-0.4, -0.2) is 12.0 Å². The lowest BCUT2D eigenvalue weighted by Crippen LogP contribution is -2.32. The fourth-order valence-electron chi connectivity index (χ4n) is 1.93. The summed E-state index contributed by atoms with van der Waals surface area (Å²) < 4.78 is 6.74. The monoisotopic (exact) mass is 381 g/mol. The van der Waals surface area contributed by atoms with Crippen molar-refractivity contribution >= 4 is 39.1 Å². The largest absolute Gasteiger partial charge is 0.481 e. The molecule has 5 heteroatoms. The number of nitrogens with one attached hydrogen (secondary N) is 1. The Morgan fingerprint density at radius 2 is 1.95 bits per heavy atom. The number of amides is 1. The van der Waals surface area contributed by atoms with Gasteiger partial charge in [-0.05, 0) is 61.4 Å². The molecular formula is C17H17BrClNO2. The molecule has 0 aliphatic carbocycles. The highest BCUT2D eigenvalue weighted by atomic mass is 79.9. The van der Waals surface area contributed by atoms with Crippen molar-refractivity contribution in [2.75, 3.05) is 5.32 Å². The average Bonchev–Trinajstić information content (AvgIpc) is 2.50. The van der Waals surface area contributed by atoms with E-state index in [4.69, 9.17) is 16.3 Å². The van der Waals surface area contributed by atoms with Crippen molar-refractivity contribution in [1.82, 2.24) is 0 Å². The molecule has 0 aliphatic heterocycles. The Morgan fingerprint density at radius 3 is 2.55 bits per heavy atom. The molecule has 2 aromatic carbocycles. The van der Waals surface area contributed by atoms with Gasteiger partial charge in [0.2, 0.25) is 0 Å². The number of carbonyl (C=O) groups excluding carboxylic acids is 1. The van der Waals surface area contributed by atoms with Gasteiger partial charge in [-0.15, -0.1) is 0 Å². The molecule has 0 aliphatic rings. The lowest BCUT2D eigenvalue weighted by molar-refractivity contribution is -0.122. The molecule has 2 rings (SSSR count). The molecule has 0 saturated carbocycles. The topological polar surface area (TPSA) is 38.3 Å². The van der Waals surface area contributed by atoms with Gasteiger partial charge in [0.15, 0.2) is 6.10 Å². The smallest absolute Gasteiger partial charge is 0.265 e. The second kappa shape index (κ2) is 7.65. The molecule has 0 heterocycles. The number of carbonyl (C=O) groups is 1. The molecule has 22 heavy (non-hydrogen) atoms. The lowest BCUT2D eigenvalue weighted by Gasteiger charge is -2.18. The summed E-state index contributed by atoms with van der Waals surface area (Å²) in [7, 11) is 0. The van der Waals surface area contributed by atoms with Crippen LogP contribution in [0.4, 0.5) is 5.69 Å². The molecule has 2 aromatic rings. The van der Waals surface area contributed by atoms with E-state index in [1.807, 2.05) is 44.2 Å². The minimum Gasteiger partial charge on any atom is -0.481 e. The SMILES string of the molecule is CC[C@@H](Oc1ccc(Cl)c(C)c1)C(=O)Nc1ccc(Br)cc1. The molecule has 1 atom stereocenters. The maximum Gasteiger partial charge on any atom is 0.265 e. The molecule has 3 nitrogen and oxygen atoms in total. The first kappa shape index (κ1) is 16.8. The van der Waals surface area contributed by atoms with E-state index in [2.05, 4.69) is 21.2 Å². The van der Waals surface area contributed by atoms with Gasteiger partial charge in [-0.3, -0.25) is 4.79 Å². The summed E-state index contributed by atoms with van der Waals surface area (Å²) in [6, 6.07) is 12.8. The van der Waals surface area contributed by atoms with Crippen molar-refractivity contribution in [1.29, 1.82) is 0 Å². The predicted molar refractivity (Wildman–Crippen MR) is 93.7 cm³/mol. The predicted octanol–water partition coefficient (Wildman–Crippen LogP) is 5.21. The zero-order valence-corrected chi connectivity index (χ0v) is 14.7. The van der Waals surface area contributed by atoms with Gasteiger partial charge in [-0.2, -0.15) is 0 Å². The van der Waals surface area contributed by atoms with E-state index >= 15 is 0 Å². The third-order valence-corrected chi connectivity index (χ3v) is 4.14. The molecule has 1 N–H and O–H groups in total. The van der Waals surface area contributed by atoms with E-state index in [-0.39, 0.29) is 5.91 Å². The van der Waals surface area contributed by atoms with E-state index in [1.54, 1.807) is 12.1 Å². The van der Waals surface area contributed by atoms with E-state index in [0.29, 0.717) is 17.2 Å². The van der Waals surface area contributed by atoms with Crippen molar-refractivity contribution in [2.24, 2.45) is 0 Å². The van der Waals surface area contributed by atoms with Crippen LogP contribution in [0.15, 0.2) is 46.9 Å². The maximum absolute atomic E-state index is 12.3. The van der Waals surface area contributed by atoms with Crippen LogP contribution in [0.1, 0.15) is 18.9 Å². The van der Waals surface area contributed by atoms with Gasteiger partial charge in [-0.25, -0.2) is 0 Å². The first-order chi connectivity index (χ1) is 10.5. The van der Waals surface area contributed by atoms with Gasteiger partial charge in [0, 0.05) is 15.2 Å². The molecule has 0 unspecified atom stereocenters. The Morgan fingerprint density at radius 1 is 1.27 bits per heavy atom. The Kier molecular flexibility index (Phi) is 5.86. The molecule has 1 amide bonds. The molecule has 0 radical (unpaired) electrons. The third-order valence-electron chi connectivity index (χ3n) is 3.18. The average molecular weight is 383 g/mol. The summed E-state index contributed by atoms with van der Waals surface area (Å²) in [5, 5.41) is 3.54. The van der Waals surface area contributed by atoms with Crippen molar-refractivity contribution in [3.8, 4) is 5.75 Å². The number of benzene rings is 2. The molecule has 0 spiro atoms. The fraction of sp³-hybridized carbons (Fsp3) is 0.235. The van der Waals surface area contributed by atoms with Crippen LogP contribution in [0.25, 0.3) is 0 Å². The number of aryl methyl sites for hydroxylation is 1. The zero-order chi connectivity index (χ0) is 16.1.